The first-order chi connectivity index (χ1) is 12.6. The van der Waals surface area contributed by atoms with Crippen LogP contribution in [0.1, 0.15) is 11.1 Å². The van der Waals surface area contributed by atoms with Crippen molar-refractivity contribution in [3.05, 3.63) is 70.0 Å². The number of nitriles is 1. The smallest absolute Gasteiger partial charge is 0.270 e. The van der Waals surface area contributed by atoms with E-state index in [2.05, 4.69) is 20.5 Å². The number of benzene rings is 2. The number of aromatic amines is 1. The highest BCUT2D eigenvalue weighted by Crippen LogP contribution is 2.24. The summed E-state index contributed by atoms with van der Waals surface area (Å²) in [4.78, 5) is 18.8. The van der Waals surface area contributed by atoms with E-state index < -0.39 is 5.56 Å². The van der Waals surface area contributed by atoms with Gasteiger partial charge in [-0.1, -0.05) is 30.3 Å². The number of nitrogens with zero attached hydrogens (tertiary/aromatic N) is 3. The second-order valence-electron chi connectivity index (χ2n) is 5.23. The molecule has 0 aliphatic heterocycles. The number of anilines is 1. The molecule has 0 spiro atoms. The molecule has 1 heterocycles. The fraction of sp³-hybridized carbons (Fsp3) is 0. The molecule has 0 bridgehead atoms. The van der Waals surface area contributed by atoms with Gasteiger partial charge in [-0.2, -0.15) is 10.4 Å². The number of phenols is 2. The lowest BCUT2D eigenvalue weighted by molar-refractivity contribution is 0.403. The predicted molar refractivity (Wildman–Crippen MR) is 96.0 cm³/mol. The van der Waals surface area contributed by atoms with Crippen LogP contribution < -0.4 is 11.0 Å². The molecule has 0 aliphatic rings. The lowest BCUT2D eigenvalue weighted by Crippen LogP contribution is -2.16. The van der Waals surface area contributed by atoms with Crippen LogP contribution in [-0.2, 0) is 0 Å². The normalized spacial score (nSPS) is 10.6. The number of aromatic hydroxyl groups is 2. The van der Waals surface area contributed by atoms with Gasteiger partial charge in [-0.3, -0.25) is 9.78 Å². The van der Waals surface area contributed by atoms with Gasteiger partial charge in [-0.25, -0.2) is 10.4 Å². The molecule has 0 atom stereocenters. The van der Waals surface area contributed by atoms with Gasteiger partial charge in [-0.15, -0.1) is 0 Å². The lowest BCUT2D eigenvalue weighted by atomic mass is 10.1. The molecule has 8 heteroatoms. The van der Waals surface area contributed by atoms with E-state index in [9.17, 15) is 20.3 Å². The zero-order valence-corrected chi connectivity index (χ0v) is 13.3. The molecule has 0 fully saturated rings. The van der Waals surface area contributed by atoms with Crippen molar-refractivity contribution in [3.8, 4) is 28.8 Å². The fourth-order valence-corrected chi connectivity index (χ4v) is 2.22. The average Bonchev–Trinajstić information content (AvgIpc) is 2.65. The number of nitrogens with one attached hydrogen (secondary N) is 2. The summed E-state index contributed by atoms with van der Waals surface area (Å²) >= 11 is 0. The quantitative estimate of drug-likeness (QED) is 0.324. The van der Waals surface area contributed by atoms with Gasteiger partial charge >= 0.3 is 0 Å². The molecule has 26 heavy (non-hydrogen) atoms. The van der Waals surface area contributed by atoms with Gasteiger partial charge in [0.15, 0.2) is 11.5 Å². The van der Waals surface area contributed by atoms with Crippen molar-refractivity contribution < 1.29 is 10.2 Å². The Bertz CT molecular complexity index is 1070. The Balaban J connectivity index is 1.90. The highest BCUT2D eigenvalue weighted by Gasteiger charge is 2.12. The minimum atomic E-state index is -0.582. The lowest BCUT2D eigenvalue weighted by Gasteiger charge is -2.06. The minimum absolute atomic E-state index is 0.0621. The Hall–Kier alpha value is -4.12. The highest BCUT2D eigenvalue weighted by atomic mass is 16.3. The topological polar surface area (TPSA) is 134 Å². The molecule has 0 saturated heterocycles. The van der Waals surface area contributed by atoms with Crippen LogP contribution in [0.5, 0.6) is 11.5 Å². The van der Waals surface area contributed by atoms with Crippen molar-refractivity contribution in [2.45, 2.75) is 0 Å². The summed E-state index contributed by atoms with van der Waals surface area (Å²) in [7, 11) is 0. The van der Waals surface area contributed by atoms with E-state index in [1.54, 1.807) is 30.3 Å². The summed E-state index contributed by atoms with van der Waals surface area (Å²) in [5.74, 6) is -0.446. The van der Waals surface area contributed by atoms with E-state index in [-0.39, 0.29) is 28.7 Å². The third-order valence-corrected chi connectivity index (χ3v) is 3.46. The average molecular weight is 347 g/mol. The summed E-state index contributed by atoms with van der Waals surface area (Å²) in [6.45, 7) is 0. The zero-order valence-electron chi connectivity index (χ0n) is 13.3. The molecule has 4 N–H and O–H groups in total. The van der Waals surface area contributed by atoms with Crippen molar-refractivity contribution in [1.29, 1.82) is 5.26 Å². The number of hydrogen-bond donors (Lipinski definition) is 4. The number of hydrazone groups is 1. The second-order valence-corrected chi connectivity index (χ2v) is 5.23. The molecular formula is C18H13N5O3. The molecule has 128 valence electrons. The van der Waals surface area contributed by atoms with E-state index in [1.165, 1.54) is 18.3 Å². The summed E-state index contributed by atoms with van der Waals surface area (Å²) in [5, 5.41) is 31.9. The summed E-state index contributed by atoms with van der Waals surface area (Å²) < 4.78 is 0. The van der Waals surface area contributed by atoms with Crippen molar-refractivity contribution in [2.75, 3.05) is 5.43 Å². The maximum Gasteiger partial charge on any atom is 0.270 e. The molecule has 0 saturated carbocycles. The van der Waals surface area contributed by atoms with Gasteiger partial charge in [0, 0.05) is 5.56 Å². The van der Waals surface area contributed by atoms with Crippen molar-refractivity contribution in [3.63, 3.8) is 0 Å². The third-order valence-electron chi connectivity index (χ3n) is 3.46. The molecular weight excluding hydrogens is 334 g/mol. The number of phenolic OH excluding ortho intramolecular Hbond substituents is 2. The molecule has 1 aromatic heterocycles. The summed E-state index contributed by atoms with van der Waals surface area (Å²) in [6.07, 6.45) is 1.37. The predicted octanol–water partition coefficient (Wildman–Crippen LogP) is 2.17. The van der Waals surface area contributed by atoms with E-state index >= 15 is 0 Å². The van der Waals surface area contributed by atoms with Gasteiger partial charge in [0.1, 0.15) is 11.6 Å². The number of aromatic nitrogens is 2. The van der Waals surface area contributed by atoms with E-state index in [1.807, 2.05) is 12.1 Å². The monoisotopic (exact) mass is 347 g/mol. The van der Waals surface area contributed by atoms with Gasteiger partial charge in [-0.05, 0) is 23.8 Å². The van der Waals surface area contributed by atoms with Gasteiger partial charge < -0.3 is 10.2 Å². The first-order valence-corrected chi connectivity index (χ1v) is 7.49. The number of hydrogen-bond acceptors (Lipinski definition) is 7. The molecule has 3 rings (SSSR count). The van der Waals surface area contributed by atoms with Crippen LogP contribution in [0.25, 0.3) is 11.3 Å². The summed E-state index contributed by atoms with van der Waals surface area (Å²) in [5.41, 5.74) is 3.31. The second kappa shape index (κ2) is 7.19. The first-order valence-electron chi connectivity index (χ1n) is 7.49. The standard InChI is InChI=1S/C18H13N5O3/c19-9-13-16(12-4-2-1-3-5-12)21-18(22-17(13)26)23-20-10-11-6-7-14(24)15(25)8-11/h1-8,10,24-25H,(H2,21,22,23,26). The van der Waals surface area contributed by atoms with Crippen molar-refractivity contribution >= 4 is 12.2 Å². The van der Waals surface area contributed by atoms with Crippen LogP contribution in [0.4, 0.5) is 5.95 Å². The van der Waals surface area contributed by atoms with E-state index in [0.29, 0.717) is 11.1 Å². The SMILES string of the molecule is N#Cc1c(-c2ccccc2)nc(NN=Cc2ccc(O)c(O)c2)[nH]c1=O. The van der Waals surface area contributed by atoms with E-state index in [0.717, 1.165) is 0 Å². The van der Waals surface area contributed by atoms with Gasteiger partial charge in [0.25, 0.3) is 5.56 Å². The Morgan fingerprint density at radius 3 is 2.62 bits per heavy atom. The maximum absolute atomic E-state index is 12.1. The highest BCUT2D eigenvalue weighted by molar-refractivity contribution is 5.81. The molecule has 0 aliphatic carbocycles. The van der Waals surface area contributed by atoms with Crippen LogP contribution in [0, 0.1) is 11.3 Å². The maximum atomic E-state index is 12.1. The molecule has 8 nitrogen and oxygen atoms in total. The largest absolute Gasteiger partial charge is 0.504 e. The van der Waals surface area contributed by atoms with Crippen molar-refractivity contribution in [2.24, 2.45) is 5.10 Å². The molecule has 2 aromatic carbocycles. The molecule has 3 aromatic rings. The van der Waals surface area contributed by atoms with Crippen molar-refractivity contribution in [1.82, 2.24) is 9.97 Å². The van der Waals surface area contributed by atoms with Crippen LogP contribution in [0.2, 0.25) is 0 Å². The Labute approximate surface area is 147 Å². The van der Waals surface area contributed by atoms with Crippen LogP contribution in [0.15, 0.2) is 58.4 Å². The summed E-state index contributed by atoms with van der Waals surface area (Å²) in [6, 6.07) is 14.9. The van der Waals surface area contributed by atoms with E-state index in [4.69, 9.17) is 0 Å². The van der Waals surface area contributed by atoms with Gasteiger partial charge in [0.05, 0.1) is 11.9 Å². The Kier molecular flexibility index (Phi) is 4.63. The number of rotatable bonds is 4. The van der Waals surface area contributed by atoms with Crippen LogP contribution in [0.3, 0.4) is 0 Å². The van der Waals surface area contributed by atoms with Crippen LogP contribution in [-0.4, -0.2) is 26.4 Å². The minimum Gasteiger partial charge on any atom is -0.504 e. The van der Waals surface area contributed by atoms with Gasteiger partial charge in [0.2, 0.25) is 5.95 Å². The fourth-order valence-electron chi connectivity index (χ4n) is 2.22. The number of H-pyrrole nitrogens is 1. The zero-order chi connectivity index (χ0) is 18.5. The molecule has 0 unspecified atom stereocenters. The first kappa shape index (κ1) is 16.7. The Morgan fingerprint density at radius 2 is 1.92 bits per heavy atom. The van der Waals surface area contributed by atoms with Crippen LogP contribution >= 0.6 is 0 Å². The molecule has 0 radical (unpaired) electrons. The molecule has 0 amide bonds. The third kappa shape index (κ3) is 3.52. The Morgan fingerprint density at radius 1 is 1.15 bits per heavy atom.